The fraction of sp³-hybridized carbons (Fsp3) is 0.400. The van der Waals surface area contributed by atoms with Gasteiger partial charge in [-0.3, -0.25) is 10.1 Å². The van der Waals surface area contributed by atoms with Gasteiger partial charge in [0.1, 0.15) is 17.7 Å². The maximum atomic E-state index is 12.4. The van der Waals surface area contributed by atoms with Crippen LogP contribution >= 0.6 is 11.3 Å². The summed E-state index contributed by atoms with van der Waals surface area (Å²) in [6, 6.07) is 6.95. The molecule has 0 radical (unpaired) electrons. The molecule has 3 aromatic rings. The van der Waals surface area contributed by atoms with E-state index in [1.54, 1.807) is 28.4 Å². The summed E-state index contributed by atoms with van der Waals surface area (Å²) in [5.74, 6) is 0.690. The summed E-state index contributed by atoms with van der Waals surface area (Å²) in [5, 5.41) is 14.7. The van der Waals surface area contributed by atoms with Crippen LogP contribution in [0.1, 0.15) is 56.2 Å². The van der Waals surface area contributed by atoms with E-state index in [-0.39, 0.29) is 22.7 Å². The van der Waals surface area contributed by atoms with Crippen molar-refractivity contribution in [3.63, 3.8) is 0 Å². The van der Waals surface area contributed by atoms with E-state index in [2.05, 4.69) is 21.4 Å². The predicted octanol–water partition coefficient (Wildman–Crippen LogP) is 6.11. The van der Waals surface area contributed by atoms with Gasteiger partial charge in [0, 0.05) is 30.1 Å². The molecule has 1 atom stereocenters. The number of nitrogens with one attached hydrogen (secondary N) is 1. The van der Waals surface area contributed by atoms with Crippen molar-refractivity contribution in [1.82, 2.24) is 14.9 Å². The number of hydrogen-bond acceptors (Lipinski definition) is 8. The summed E-state index contributed by atoms with van der Waals surface area (Å²) < 4.78 is 6.40. The average Bonchev–Trinajstić information content (AvgIpc) is 3.23. The molecule has 1 aromatic carbocycles. The first kappa shape index (κ1) is 24.6. The van der Waals surface area contributed by atoms with Crippen molar-refractivity contribution >= 4 is 44.7 Å². The molecular weight excluding hydrogens is 466 g/mol. The Hall–Kier alpha value is -3.53. The number of amides is 1. The Morgan fingerprint density at radius 2 is 2.03 bits per heavy atom. The van der Waals surface area contributed by atoms with Crippen LogP contribution in [0.15, 0.2) is 36.7 Å². The second-order valence-electron chi connectivity index (χ2n) is 9.68. The van der Waals surface area contributed by atoms with Crippen molar-refractivity contribution in [2.75, 3.05) is 18.4 Å². The molecule has 1 aliphatic rings. The number of hydrogen-bond donors (Lipinski definition) is 1. The molecule has 2 aromatic heterocycles. The maximum absolute atomic E-state index is 12.4. The molecule has 1 amide bonds. The van der Waals surface area contributed by atoms with E-state index in [9.17, 15) is 14.9 Å². The van der Waals surface area contributed by atoms with E-state index < -0.39 is 5.60 Å². The highest BCUT2D eigenvalue weighted by Crippen LogP contribution is 2.36. The van der Waals surface area contributed by atoms with Gasteiger partial charge in [0.15, 0.2) is 0 Å². The quantitative estimate of drug-likeness (QED) is 0.336. The number of aromatic nitrogens is 2. The lowest BCUT2D eigenvalue weighted by molar-refractivity contribution is -0.385. The highest BCUT2D eigenvalue weighted by Gasteiger charge is 2.25. The van der Waals surface area contributed by atoms with Crippen molar-refractivity contribution in [2.24, 2.45) is 0 Å². The van der Waals surface area contributed by atoms with E-state index in [0.29, 0.717) is 18.9 Å². The third-order valence-electron chi connectivity index (χ3n) is 5.64. The van der Waals surface area contributed by atoms with Gasteiger partial charge in [-0.2, -0.15) is 0 Å². The Labute approximate surface area is 208 Å². The molecule has 3 heterocycles. The van der Waals surface area contributed by atoms with E-state index >= 15 is 0 Å². The largest absolute Gasteiger partial charge is 0.444 e. The molecule has 9 nitrogen and oxygen atoms in total. The fourth-order valence-corrected chi connectivity index (χ4v) is 5.07. The Kier molecular flexibility index (Phi) is 6.75. The summed E-state index contributed by atoms with van der Waals surface area (Å²) in [6.45, 7) is 10.5. The van der Waals surface area contributed by atoms with Gasteiger partial charge in [0.05, 0.1) is 21.2 Å². The first-order valence-corrected chi connectivity index (χ1v) is 12.3. The molecule has 4 rings (SSSR count). The number of fused-ring (bicyclic) bond motifs is 1. The molecule has 1 N–H and O–H groups in total. The number of ether oxygens (including phenoxy) is 1. The zero-order chi connectivity index (χ0) is 25.3. The van der Waals surface area contributed by atoms with Gasteiger partial charge in [0.25, 0.3) is 5.69 Å². The molecule has 0 aliphatic carbocycles. The Morgan fingerprint density at radius 1 is 1.26 bits per heavy atom. The molecule has 0 saturated heterocycles. The zero-order valence-electron chi connectivity index (χ0n) is 20.5. The molecule has 0 spiro atoms. The summed E-state index contributed by atoms with van der Waals surface area (Å²) in [7, 11) is 0. The first-order valence-electron chi connectivity index (χ1n) is 11.4. The van der Waals surface area contributed by atoms with Crippen LogP contribution in [0.5, 0.6) is 0 Å². The van der Waals surface area contributed by atoms with Crippen molar-refractivity contribution < 1.29 is 14.5 Å². The smallest absolute Gasteiger partial charge is 0.410 e. The number of nitro benzene ring substituents is 1. The van der Waals surface area contributed by atoms with Crippen LogP contribution in [0.4, 0.5) is 16.3 Å². The number of carbonyl (C=O) groups is 1. The maximum Gasteiger partial charge on any atom is 0.410 e. The molecule has 10 heteroatoms. The van der Waals surface area contributed by atoms with Crippen LogP contribution < -0.4 is 5.32 Å². The van der Waals surface area contributed by atoms with Crippen LogP contribution in [0, 0.1) is 17.0 Å². The molecule has 1 aliphatic heterocycles. The molecule has 0 fully saturated rings. The Balaban J connectivity index is 1.53. The normalized spacial score (nSPS) is 15.0. The lowest BCUT2D eigenvalue weighted by Gasteiger charge is -2.29. The number of nitrogens with zero attached hydrogens (tertiary/aromatic N) is 4. The first-order chi connectivity index (χ1) is 16.5. The minimum absolute atomic E-state index is 0.0737. The number of carbonyl (C=O) groups excluding carboxylic acids is 1. The Bertz CT molecular complexity index is 1310. The molecule has 184 valence electrons. The number of thiophene rings is 1. The van der Waals surface area contributed by atoms with Gasteiger partial charge in [-0.1, -0.05) is 12.1 Å². The second kappa shape index (κ2) is 9.61. The van der Waals surface area contributed by atoms with E-state index in [4.69, 9.17) is 4.74 Å². The van der Waals surface area contributed by atoms with E-state index in [1.165, 1.54) is 11.9 Å². The minimum Gasteiger partial charge on any atom is -0.444 e. The second-order valence-corrected chi connectivity index (χ2v) is 10.7. The van der Waals surface area contributed by atoms with Crippen LogP contribution in [0.25, 0.3) is 15.8 Å². The van der Waals surface area contributed by atoms with E-state index in [1.807, 2.05) is 46.8 Å². The Morgan fingerprint density at radius 3 is 2.69 bits per heavy atom. The van der Waals surface area contributed by atoms with Crippen LogP contribution in [-0.4, -0.2) is 44.6 Å². The molecule has 0 unspecified atom stereocenters. The number of anilines is 1. The fourth-order valence-electron chi connectivity index (χ4n) is 3.94. The average molecular weight is 496 g/mol. The number of benzene rings is 1. The van der Waals surface area contributed by atoms with Crippen molar-refractivity contribution in [3.8, 4) is 0 Å². The SMILES string of the molecule is Cc1cc([C@@H](C)Nc2ncnc3cc(C4=CCN(C(=O)OC(C)(C)C)CC4)sc23)cc([N+](=O)[O-])c1. The standard InChI is InChI=1S/C25H29N5O4S/c1-15-10-18(12-19(11-15)30(32)33)16(2)28-23-22-20(26-14-27-23)13-21(35-22)17-6-8-29(9-7-17)24(31)34-25(3,4)5/h6,10-14,16H,7-9H2,1-5H3,(H,26,27,28)/t16-/m1/s1. The van der Waals surface area contributed by atoms with Crippen molar-refractivity contribution in [3.05, 3.63) is 62.8 Å². The zero-order valence-corrected chi connectivity index (χ0v) is 21.3. The van der Waals surface area contributed by atoms with Gasteiger partial charge in [-0.15, -0.1) is 11.3 Å². The lowest BCUT2D eigenvalue weighted by atomic mass is 10.0. The number of rotatable bonds is 5. The summed E-state index contributed by atoms with van der Waals surface area (Å²) in [4.78, 5) is 34.9. The van der Waals surface area contributed by atoms with Crippen LogP contribution in [0.3, 0.4) is 0 Å². The van der Waals surface area contributed by atoms with Crippen LogP contribution in [0.2, 0.25) is 0 Å². The third-order valence-corrected chi connectivity index (χ3v) is 6.84. The van der Waals surface area contributed by atoms with Gasteiger partial charge in [0.2, 0.25) is 0 Å². The van der Waals surface area contributed by atoms with Gasteiger partial charge in [-0.25, -0.2) is 14.8 Å². The topological polar surface area (TPSA) is 110 Å². The van der Waals surface area contributed by atoms with E-state index in [0.717, 1.165) is 32.6 Å². The molecule has 35 heavy (non-hydrogen) atoms. The number of nitro groups is 1. The minimum atomic E-state index is -0.519. The number of non-ortho nitro benzene ring substituents is 1. The summed E-state index contributed by atoms with van der Waals surface area (Å²) in [6.07, 6.45) is 4.01. The summed E-state index contributed by atoms with van der Waals surface area (Å²) >= 11 is 1.60. The van der Waals surface area contributed by atoms with Crippen LogP contribution in [-0.2, 0) is 4.74 Å². The van der Waals surface area contributed by atoms with Gasteiger partial charge in [-0.05, 0) is 63.8 Å². The monoisotopic (exact) mass is 495 g/mol. The number of aryl methyl sites for hydroxylation is 1. The highest BCUT2D eigenvalue weighted by atomic mass is 32.1. The summed E-state index contributed by atoms with van der Waals surface area (Å²) in [5.41, 5.74) is 3.21. The lowest BCUT2D eigenvalue weighted by Crippen LogP contribution is -2.39. The van der Waals surface area contributed by atoms with Gasteiger partial charge < -0.3 is 15.0 Å². The van der Waals surface area contributed by atoms with Crippen molar-refractivity contribution in [2.45, 2.75) is 52.7 Å². The molecule has 0 bridgehead atoms. The van der Waals surface area contributed by atoms with Crippen molar-refractivity contribution in [1.29, 1.82) is 0 Å². The molecular formula is C25H29N5O4S. The molecule has 0 saturated carbocycles. The third kappa shape index (κ3) is 5.76. The predicted molar refractivity (Wildman–Crippen MR) is 138 cm³/mol. The van der Waals surface area contributed by atoms with Gasteiger partial charge >= 0.3 is 6.09 Å². The highest BCUT2D eigenvalue weighted by molar-refractivity contribution is 7.20.